The van der Waals surface area contributed by atoms with E-state index in [1.165, 1.54) is 0 Å². The van der Waals surface area contributed by atoms with Gasteiger partial charge in [0.1, 0.15) is 23.8 Å². The zero-order chi connectivity index (χ0) is 19.2. The smallest absolute Gasteiger partial charge is 0.173 e. The van der Waals surface area contributed by atoms with Crippen molar-refractivity contribution in [3.05, 3.63) is 90.4 Å². The van der Waals surface area contributed by atoms with Gasteiger partial charge in [-0.2, -0.15) is 10.4 Å². The molecule has 4 rings (SSSR count). The Bertz CT molecular complexity index is 1100. The second kappa shape index (κ2) is 8.06. The van der Waals surface area contributed by atoms with Crippen LogP contribution in [0.1, 0.15) is 11.1 Å². The second-order valence-corrected chi connectivity index (χ2v) is 6.01. The molecule has 2 aromatic heterocycles. The zero-order valence-electron chi connectivity index (χ0n) is 14.9. The summed E-state index contributed by atoms with van der Waals surface area (Å²) in [5.74, 6) is 1.95. The van der Waals surface area contributed by atoms with E-state index in [-0.39, 0.29) is 0 Å². The van der Waals surface area contributed by atoms with Gasteiger partial charge < -0.3 is 9.47 Å². The maximum atomic E-state index is 8.90. The number of nitriles is 1. The molecule has 0 saturated carbocycles. The van der Waals surface area contributed by atoms with E-state index in [1.54, 1.807) is 42.9 Å². The number of hydrogen-bond donors (Lipinski definition) is 1. The van der Waals surface area contributed by atoms with E-state index in [2.05, 4.69) is 21.3 Å². The van der Waals surface area contributed by atoms with Gasteiger partial charge in [-0.05, 0) is 42.5 Å². The van der Waals surface area contributed by atoms with Crippen LogP contribution in [-0.4, -0.2) is 15.2 Å². The lowest BCUT2D eigenvalue weighted by Crippen LogP contribution is -1.96. The minimum atomic E-state index is 0.437. The van der Waals surface area contributed by atoms with Crippen molar-refractivity contribution in [1.82, 2.24) is 15.2 Å². The number of ether oxygens (including phenoxy) is 2. The van der Waals surface area contributed by atoms with E-state index in [1.807, 2.05) is 36.4 Å². The average molecular weight is 368 g/mol. The van der Waals surface area contributed by atoms with Gasteiger partial charge in [-0.25, -0.2) is 0 Å². The van der Waals surface area contributed by atoms with E-state index < -0.39 is 0 Å². The Morgan fingerprint density at radius 2 is 1.89 bits per heavy atom. The highest BCUT2D eigenvalue weighted by Crippen LogP contribution is 2.33. The summed E-state index contributed by atoms with van der Waals surface area (Å²) in [7, 11) is 0. The van der Waals surface area contributed by atoms with E-state index in [4.69, 9.17) is 14.7 Å². The third kappa shape index (κ3) is 4.00. The molecular weight excluding hydrogens is 352 g/mol. The molecular formula is C22H16N4O2. The van der Waals surface area contributed by atoms with Gasteiger partial charge in [0, 0.05) is 23.5 Å². The van der Waals surface area contributed by atoms with Crippen LogP contribution < -0.4 is 9.47 Å². The average Bonchev–Trinajstić information content (AvgIpc) is 3.22. The Balaban J connectivity index is 1.51. The normalized spacial score (nSPS) is 10.2. The Morgan fingerprint density at radius 3 is 2.68 bits per heavy atom. The quantitative estimate of drug-likeness (QED) is 0.533. The van der Waals surface area contributed by atoms with Crippen LogP contribution >= 0.6 is 0 Å². The number of nitrogens with one attached hydrogen (secondary N) is 1. The monoisotopic (exact) mass is 368 g/mol. The first-order chi connectivity index (χ1) is 13.8. The molecule has 0 amide bonds. The Hall–Kier alpha value is -4.11. The third-order valence-corrected chi connectivity index (χ3v) is 4.05. The van der Waals surface area contributed by atoms with Crippen LogP contribution in [0.5, 0.6) is 17.2 Å². The summed E-state index contributed by atoms with van der Waals surface area (Å²) >= 11 is 0. The highest BCUT2D eigenvalue weighted by molar-refractivity contribution is 5.67. The summed E-state index contributed by atoms with van der Waals surface area (Å²) in [6.07, 6.45) is 5.20. The molecule has 0 spiro atoms. The Kier molecular flexibility index (Phi) is 4.98. The summed E-state index contributed by atoms with van der Waals surface area (Å²) < 4.78 is 11.8. The number of aromatic nitrogens is 3. The molecule has 0 radical (unpaired) electrons. The molecule has 4 aromatic rings. The van der Waals surface area contributed by atoms with Crippen LogP contribution in [0.2, 0.25) is 0 Å². The molecule has 2 aromatic carbocycles. The first-order valence-corrected chi connectivity index (χ1v) is 8.66. The van der Waals surface area contributed by atoms with Gasteiger partial charge in [0.2, 0.25) is 0 Å². The van der Waals surface area contributed by atoms with Crippen LogP contribution in [0.4, 0.5) is 0 Å². The van der Waals surface area contributed by atoms with Crippen molar-refractivity contribution in [2.24, 2.45) is 0 Å². The lowest BCUT2D eigenvalue weighted by atomic mass is 10.1. The maximum absolute atomic E-state index is 8.90. The second-order valence-electron chi connectivity index (χ2n) is 6.01. The van der Waals surface area contributed by atoms with Crippen LogP contribution in [0.25, 0.3) is 11.3 Å². The van der Waals surface area contributed by atoms with Crippen molar-refractivity contribution in [3.8, 4) is 34.6 Å². The van der Waals surface area contributed by atoms with Gasteiger partial charge in [0.25, 0.3) is 0 Å². The number of benzene rings is 2. The summed E-state index contributed by atoms with van der Waals surface area (Å²) in [6.45, 7) is 0.437. The lowest BCUT2D eigenvalue weighted by molar-refractivity contribution is 0.306. The van der Waals surface area contributed by atoms with Crippen molar-refractivity contribution in [1.29, 1.82) is 5.26 Å². The van der Waals surface area contributed by atoms with Crippen molar-refractivity contribution in [2.45, 2.75) is 6.61 Å². The molecule has 0 fully saturated rings. The van der Waals surface area contributed by atoms with Crippen LogP contribution in [0.15, 0.2) is 79.3 Å². The van der Waals surface area contributed by atoms with E-state index in [9.17, 15) is 0 Å². The van der Waals surface area contributed by atoms with Crippen molar-refractivity contribution in [2.75, 3.05) is 0 Å². The van der Waals surface area contributed by atoms with E-state index in [0.717, 1.165) is 16.9 Å². The summed E-state index contributed by atoms with van der Waals surface area (Å²) in [5.41, 5.74) is 3.13. The van der Waals surface area contributed by atoms with Crippen LogP contribution in [-0.2, 0) is 6.61 Å². The topological polar surface area (TPSA) is 83.8 Å². The molecule has 0 aliphatic rings. The minimum Gasteiger partial charge on any atom is -0.489 e. The molecule has 6 nitrogen and oxygen atoms in total. The molecule has 0 aliphatic carbocycles. The number of rotatable bonds is 6. The first kappa shape index (κ1) is 17.3. The van der Waals surface area contributed by atoms with Crippen molar-refractivity contribution in [3.63, 3.8) is 0 Å². The molecule has 0 bridgehead atoms. The minimum absolute atomic E-state index is 0.437. The van der Waals surface area contributed by atoms with Crippen LogP contribution in [0.3, 0.4) is 0 Å². The molecule has 28 heavy (non-hydrogen) atoms. The number of pyridine rings is 1. The number of H-pyrrole nitrogens is 1. The van der Waals surface area contributed by atoms with E-state index >= 15 is 0 Å². The van der Waals surface area contributed by atoms with E-state index in [0.29, 0.717) is 29.4 Å². The van der Waals surface area contributed by atoms with Crippen molar-refractivity contribution < 1.29 is 9.47 Å². The van der Waals surface area contributed by atoms with Gasteiger partial charge >= 0.3 is 0 Å². The standard InChI is InChI=1S/C22H16N4O2/c23-12-16-6-8-19(9-7-16)28-21-14-25-26-22(21)18-4-1-5-20(11-18)27-15-17-3-2-10-24-13-17/h1-11,13-14H,15H2,(H,25,26). The molecule has 6 heteroatoms. The first-order valence-electron chi connectivity index (χ1n) is 8.66. The molecule has 136 valence electrons. The maximum Gasteiger partial charge on any atom is 0.173 e. The molecule has 0 saturated heterocycles. The third-order valence-electron chi connectivity index (χ3n) is 4.05. The molecule has 2 heterocycles. The number of hydrogen-bond acceptors (Lipinski definition) is 5. The molecule has 1 N–H and O–H groups in total. The van der Waals surface area contributed by atoms with Gasteiger partial charge in [-0.3, -0.25) is 10.1 Å². The zero-order valence-corrected chi connectivity index (χ0v) is 14.9. The Morgan fingerprint density at radius 1 is 1.00 bits per heavy atom. The molecule has 0 aliphatic heterocycles. The van der Waals surface area contributed by atoms with Gasteiger partial charge in [-0.1, -0.05) is 18.2 Å². The highest BCUT2D eigenvalue weighted by atomic mass is 16.5. The summed E-state index contributed by atoms with van der Waals surface area (Å²) in [6, 6.07) is 20.5. The van der Waals surface area contributed by atoms with Crippen LogP contribution in [0, 0.1) is 11.3 Å². The Labute approximate surface area is 162 Å². The number of aromatic amines is 1. The van der Waals surface area contributed by atoms with Crippen molar-refractivity contribution >= 4 is 0 Å². The largest absolute Gasteiger partial charge is 0.489 e. The lowest BCUT2D eigenvalue weighted by Gasteiger charge is -2.09. The summed E-state index contributed by atoms with van der Waals surface area (Å²) in [5, 5.41) is 16.0. The van der Waals surface area contributed by atoms with Gasteiger partial charge in [-0.15, -0.1) is 0 Å². The molecule has 0 unspecified atom stereocenters. The fourth-order valence-corrected chi connectivity index (χ4v) is 2.67. The van der Waals surface area contributed by atoms with Gasteiger partial charge in [0.05, 0.1) is 17.8 Å². The fourth-order valence-electron chi connectivity index (χ4n) is 2.67. The summed E-state index contributed by atoms with van der Waals surface area (Å²) in [4.78, 5) is 4.09. The predicted octanol–water partition coefficient (Wildman–Crippen LogP) is 4.71. The highest BCUT2D eigenvalue weighted by Gasteiger charge is 2.12. The van der Waals surface area contributed by atoms with Gasteiger partial charge in [0.15, 0.2) is 5.75 Å². The SMILES string of the molecule is N#Cc1ccc(Oc2c[nH]nc2-c2cccc(OCc3cccnc3)c2)cc1. The number of nitrogens with zero attached hydrogens (tertiary/aromatic N) is 3. The predicted molar refractivity (Wildman–Crippen MR) is 104 cm³/mol. The fraction of sp³-hybridized carbons (Fsp3) is 0.0455. The molecule has 0 atom stereocenters.